The van der Waals surface area contributed by atoms with Crippen LogP contribution in [0.1, 0.15) is 18.4 Å². The van der Waals surface area contributed by atoms with E-state index in [1.54, 1.807) is 11.0 Å². The predicted octanol–water partition coefficient (Wildman–Crippen LogP) is 0.00890. The molecule has 2 aliphatic heterocycles. The molecule has 0 radical (unpaired) electrons. The number of carbonyl (C=O) groups is 2. The fourth-order valence-electron chi connectivity index (χ4n) is 3.06. The number of carbonyl (C=O) groups excluding carboxylic acids is 2. The van der Waals surface area contributed by atoms with Crippen LogP contribution in [0.3, 0.4) is 0 Å². The lowest BCUT2D eigenvalue weighted by Crippen LogP contribution is -2.61. The molecule has 8 heteroatoms. The second-order valence-electron chi connectivity index (χ2n) is 5.57. The number of rotatable bonds is 3. The van der Waals surface area contributed by atoms with E-state index in [9.17, 15) is 14.7 Å². The number of fused-ring (bicyclic) bond motifs is 1. The molecule has 2 saturated heterocycles. The van der Waals surface area contributed by atoms with Gasteiger partial charge in [-0.1, -0.05) is 6.07 Å². The fraction of sp³-hybridized carbons (Fsp3) is 0.429. The summed E-state index contributed by atoms with van der Waals surface area (Å²) in [4.78, 5) is 26.0. The summed E-state index contributed by atoms with van der Waals surface area (Å²) in [6, 6.07) is 3.19. The van der Waals surface area contributed by atoms with E-state index in [-0.39, 0.29) is 40.9 Å². The maximum Gasteiger partial charge on any atom is 0.246 e. The minimum atomic E-state index is -0.676. The lowest BCUT2D eigenvalue weighted by molar-refractivity contribution is -0.146. The zero-order valence-corrected chi connectivity index (χ0v) is 11.8. The molecule has 2 amide bonds. The topological polar surface area (TPSA) is 113 Å². The Kier molecular flexibility index (Phi) is 3.63. The molecule has 0 bridgehead atoms. The Balaban J connectivity index is 1.79. The largest absolute Gasteiger partial charge is 0.506 e. The fourth-order valence-corrected chi connectivity index (χ4v) is 3.06. The number of hydrogen-bond acceptors (Lipinski definition) is 6. The molecule has 2 atom stereocenters. The number of amides is 2. The van der Waals surface area contributed by atoms with E-state index >= 15 is 0 Å². The van der Waals surface area contributed by atoms with Crippen molar-refractivity contribution in [3.05, 3.63) is 23.8 Å². The summed E-state index contributed by atoms with van der Waals surface area (Å²) in [6.07, 6.45) is 1.73. The van der Waals surface area contributed by atoms with E-state index < -0.39 is 6.04 Å². The number of piperazine rings is 1. The highest BCUT2D eigenvalue weighted by Gasteiger charge is 2.42. The Labute approximate surface area is 126 Å². The Morgan fingerprint density at radius 2 is 2.09 bits per heavy atom. The zero-order valence-electron chi connectivity index (χ0n) is 11.8. The van der Waals surface area contributed by atoms with Crippen LogP contribution in [0.25, 0.3) is 0 Å². The average molecular weight is 307 g/mol. The number of benzene rings is 1. The van der Waals surface area contributed by atoms with Crippen LogP contribution in [0.5, 0.6) is 5.75 Å². The lowest BCUT2D eigenvalue weighted by Gasteiger charge is -2.34. The second kappa shape index (κ2) is 5.47. The van der Waals surface area contributed by atoms with Crippen LogP contribution in [-0.2, 0) is 16.0 Å². The number of nitrogens with zero attached hydrogens (tertiary/aromatic N) is 2. The Hall–Kier alpha value is -2.32. The molecule has 0 unspecified atom stereocenters. The first-order valence-corrected chi connectivity index (χ1v) is 7.08. The molecule has 2 fully saturated rings. The quantitative estimate of drug-likeness (QED) is 0.585. The van der Waals surface area contributed by atoms with Crippen LogP contribution in [0.2, 0.25) is 0 Å². The van der Waals surface area contributed by atoms with Gasteiger partial charge in [0.05, 0.1) is 0 Å². The van der Waals surface area contributed by atoms with Crippen molar-refractivity contribution in [2.75, 3.05) is 11.8 Å². The van der Waals surface area contributed by atoms with E-state index in [2.05, 4.69) is 5.32 Å². The first-order valence-electron chi connectivity index (χ1n) is 7.08. The summed E-state index contributed by atoms with van der Waals surface area (Å²) in [5, 5.41) is 30.1. The van der Waals surface area contributed by atoms with Crippen molar-refractivity contribution >= 4 is 17.5 Å². The predicted molar refractivity (Wildman–Crippen MR) is 74.5 cm³/mol. The van der Waals surface area contributed by atoms with Gasteiger partial charge in [0.2, 0.25) is 11.8 Å². The Bertz CT molecular complexity index is 618. The standard InChI is InChI=1S/C14H17N3O5/c18-12-4-3-8(7-11(12)17(21)22)6-9-14(20)16-5-1-2-10(16)13(19)15-9/h3-4,7,9-10,18,21-22H,1-2,5-6H2,(H,15,19)/t9-,10+/m1/s1. The number of aromatic hydroxyl groups is 1. The van der Waals surface area contributed by atoms with E-state index in [0.29, 0.717) is 18.5 Å². The molecule has 118 valence electrons. The summed E-state index contributed by atoms with van der Waals surface area (Å²) < 4.78 is 0. The number of anilines is 1. The van der Waals surface area contributed by atoms with Crippen molar-refractivity contribution in [3.8, 4) is 5.75 Å². The van der Waals surface area contributed by atoms with Crippen LogP contribution in [0.4, 0.5) is 5.69 Å². The summed E-state index contributed by atoms with van der Waals surface area (Å²) in [5.74, 6) is -0.569. The van der Waals surface area contributed by atoms with Crippen LogP contribution in [-0.4, -0.2) is 50.9 Å². The van der Waals surface area contributed by atoms with Crippen LogP contribution < -0.4 is 10.5 Å². The monoisotopic (exact) mass is 307 g/mol. The van der Waals surface area contributed by atoms with Crippen molar-refractivity contribution in [1.82, 2.24) is 10.2 Å². The number of nitrogens with one attached hydrogen (secondary N) is 1. The van der Waals surface area contributed by atoms with Gasteiger partial charge in [0, 0.05) is 13.0 Å². The van der Waals surface area contributed by atoms with Gasteiger partial charge in [-0.2, -0.15) is 0 Å². The number of hydrogen-bond donors (Lipinski definition) is 4. The van der Waals surface area contributed by atoms with Crippen molar-refractivity contribution in [3.63, 3.8) is 0 Å². The molecule has 0 aromatic heterocycles. The molecular formula is C14H17N3O5. The molecule has 0 aliphatic carbocycles. The third-order valence-corrected chi connectivity index (χ3v) is 4.15. The highest BCUT2D eigenvalue weighted by atomic mass is 16.8. The first kappa shape index (κ1) is 14.6. The van der Waals surface area contributed by atoms with Crippen LogP contribution in [0.15, 0.2) is 18.2 Å². The molecule has 1 aromatic rings. The van der Waals surface area contributed by atoms with Gasteiger partial charge in [0.1, 0.15) is 23.5 Å². The van der Waals surface area contributed by atoms with Gasteiger partial charge in [0.15, 0.2) is 0 Å². The molecule has 1 aromatic carbocycles. The molecule has 3 rings (SSSR count). The van der Waals surface area contributed by atoms with Gasteiger partial charge in [-0.05, 0) is 30.5 Å². The summed E-state index contributed by atoms with van der Waals surface area (Å²) in [7, 11) is 0. The SMILES string of the molecule is O=C1N[C@H](Cc2ccc(O)c(N(O)O)c2)C(=O)N2CCC[C@@H]12. The van der Waals surface area contributed by atoms with Gasteiger partial charge in [-0.15, -0.1) is 5.23 Å². The van der Waals surface area contributed by atoms with Crippen molar-refractivity contribution in [1.29, 1.82) is 0 Å². The highest BCUT2D eigenvalue weighted by Crippen LogP contribution is 2.28. The lowest BCUT2D eigenvalue weighted by atomic mass is 10.0. The summed E-state index contributed by atoms with van der Waals surface area (Å²) in [5.41, 5.74) is 0.406. The van der Waals surface area contributed by atoms with E-state index in [1.165, 1.54) is 12.1 Å². The molecule has 0 spiro atoms. The number of phenols is 1. The highest BCUT2D eigenvalue weighted by molar-refractivity contribution is 5.97. The van der Waals surface area contributed by atoms with Gasteiger partial charge >= 0.3 is 0 Å². The normalized spacial score (nSPS) is 24.2. The molecule has 2 heterocycles. The second-order valence-corrected chi connectivity index (χ2v) is 5.57. The maximum absolute atomic E-state index is 12.4. The molecule has 22 heavy (non-hydrogen) atoms. The third-order valence-electron chi connectivity index (χ3n) is 4.15. The van der Waals surface area contributed by atoms with Gasteiger partial charge in [-0.3, -0.25) is 20.0 Å². The minimum Gasteiger partial charge on any atom is -0.506 e. The average Bonchev–Trinajstić information content (AvgIpc) is 2.96. The third kappa shape index (κ3) is 2.46. The molecule has 2 aliphatic rings. The molecular weight excluding hydrogens is 290 g/mol. The first-order chi connectivity index (χ1) is 10.5. The Morgan fingerprint density at radius 3 is 2.82 bits per heavy atom. The van der Waals surface area contributed by atoms with Gasteiger partial charge in [-0.25, -0.2) is 0 Å². The summed E-state index contributed by atoms with van der Waals surface area (Å²) >= 11 is 0. The smallest absolute Gasteiger partial charge is 0.246 e. The van der Waals surface area contributed by atoms with E-state index in [1.807, 2.05) is 0 Å². The Morgan fingerprint density at radius 1 is 1.32 bits per heavy atom. The maximum atomic E-state index is 12.4. The van der Waals surface area contributed by atoms with E-state index in [0.717, 1.165) is 6.42 Å². The molecule has 8 nitrogen and oxygen atoms in total. The van der Waals surface area contributed by atoms with Crippen molar-refractivity contribution in [2.24, 2.45) is 0 Å². The van der Waals surface area contributed by atoms with Crippen molar-refractivity contribution < 1.29 is 25.1 Å². The van der Waals surface area contributed by atoms with Gasteiger partial charge in [0.25, 0.3) is 0 Å². The zero-order chi connectivity index (χ0) is 15.9. The summed E-state index contributed by atoms with van der Waals surface area (Å²) in [6.45, 7) is 0.593. The minimum absolute atomic E-state index is 0.124. The van der Waals surface area contributed by atoms with Gasteiger partial charge < -0.3 is 15.3 Å². The van der Waals surface area contributed by atoms with Crippen molar-refractivity contribution in [2.45, 2.75) is 31.3 Å². The number of phenolic OH excluding ortho intramolecular Hbond substituents is 1. The van der Waals surface area contributed by atoms with E-state index in [4.69, 9.17) is 10.4 Å². The van der Waals surface area contributed by atoms with Crippen LogP contribution >= 0.6 is 0 Å². The van der Waals surface area contributed by atoms with Crippen LogP contribution in [0, 0.1) is 0 Å². The molecule has 4 N–H and O–H groups in total. The molecule has 0 saturated carbocycles.